The van der Waals surface area contributed by atoms with Crippen LogP contribution in [-0.4, -0.2) is 38.4 Å². The van der Waals surface area contributed by atoms with Crippen LogP contribution in [0.25, 0.3) is 5.65 Å². The van der Waals surface area contributed by atoms with E-state index in [-0.39, 0.29) is 17.8 Å². The lowest BCUT2D eigenvalue weighted by atomic mass is 10.2. The molecule has 0 spiro atoms. The summed E-state index contributed by atoms with van der Waals surface area (Å²) in [4.78, 5) is 38.0. The van der Waals surface area contributed by atoms with E-state index in [1.807, 2.05) is 30.3 Å². The molecule has 0 aliphatic heterocycles. The lowest BCUT2D eigenvalue weighted by Crippen LogP contribution is -2.29. The van der Waals surface area contributed by atoms with Gasteiger partial charge in [-0.15, -0.1) is 5.10 Å². The number of nitrogens with zero attached hydrogens (tertiary/aromatic N) is 4. The van der Waals surface area contributed by atoms with Crippen molar-refractivity contribution < 1.29 is 14.3 Å². The van der Waals surface area contributed by atoms with Crippen molar-refractivity contribution in [2.24, 2.45) is 0 Å². The van der Waals surface area contributed by atoms with Gasteiger partial charge < -0.3 is 10.1 Å². The first-order valence-corrected chi connectivity index (χ1v) is 10.0. The molecule has 0 saturated carbocycles. The minimum absolute atomic E-state index is 0.213. The van der Waals surface area contributed by atoms with Gasteiger partial charge >= 0.3 is 11.7 Å². The van der Waals surface area contributed by atoms with Crippen molar-refractivity contribution in [2.45, 2.75) is 16.5 Å². The molecule has 0 atom stereocenters. The van der Waals surface area contributed by atoms with E-state index >= 15 is 0 Å². The maximum absolute atomic E-state index is 12.7. The number of ether oxygens (including phenoxy) is 1. The van der Waals surface area contributed by atoms with Crippen LogP contribution < -0.4 is 11.0 Å². The Morgan fingerprint density at radius 2 is 1.74 bits per heavy atom. The van der Waals surface area contributed by atoms with Crippen LogP contribution in [-0.2, 0) is 16.1 Å². The van der Waals surface area contributed by atoms with Gasteiger partial charge in [0.25, 0.3) is 0 Å². The Labute approximate surface area is 180 Å². The molecule has 0 bridgehead atoms. The van der Waals surface area contributed by atoms with Crippen LogP contribution in [0.3, 0.4) is 0 Å². The second-order valence-corrected chi connectivity index (χ2v) is 7.48. The molecule has 0 radical (unpaired) electrons. The van der Waals surface area contributed by atoms with Crippen LogP contribution in [0.1, 0.15) is 10.4 Å². The van der Waals surface area contributed by atoms with E-state index in [9.17, 15) is 14.4 Å². The number of fused-ring (bicyclic) bond motifs is 1. The molecule has 4 aromatic rings. The minimum Gasteiger partial charge on any atom is -0.465 e. The zero-order valence-electron chi connectivity index (χ0n) is 16.4. The van der Waals surface area contributed by atoms with Gasteiger partial charge in [-0.3, -0.25) is 4.79 Å². The largest absolute Gasteiger partial charge is 0.465 e. The van der Waals surface area contributed by atoms with E-state index in [1.165, 1.54) is 24.9 Å². The Kier molecular flexibility index (Phi) is 5.80. The molecule has 2 aromatic heterocycles. The monoisotopic (exact) mass is 435 g/mol. The fourth-order valence-corrected chi connectivity index (χ4v) is 3.66. The molecule has 1 amide bonds. The molecule has 31 heavy (non-hydrogen) atoms. The van der Waals surface area contributed by atoms with Gasteiger partial charge in [-0.25, -0.2) is 14.3 Å². The van der Waals surface area contributed by atoms with E-state index in [4.69, 9.17) is 4.74 Å². The average molecular weight is 435 g/mol. The molecule has 4 rings (SSSR count). The molecule has 0 fully saturated rings. The maximum Gasteiger partial charge on any atom is 0.367 e. The first-order chi connectivity index (χ1) is 15.0. The van der Waals surface area contributed by atoms with Crippen LogP contribution in [0.15, 0.2) is 81.4 Å². The van der Waals surface area contributed by atoms with Crippen LogP contribution in [0.4, 0.5) is 5.69 Å². The number of carbonyl (C=O) groups excluding carboxylic acids is 2. The van der Waals surface area contributed by atoms with Gasteiger partial charge in [0.15, 0.2) is 5.65 Å². The molecular formula is C21H17N5O4S. The lowest BCUT2D eigenvalue weighted by molar-refractivity contribution is -0.117. The first-order valence-electron chi connectivity index (χ1n) is 9.22. The molecule has 9 nitrogen and oxygen atoms in total. The number of nitrogens with one attached hydrogen (secondary N) is 1. The number of rotatable bonds is 6. The molecule has 1 N–H and O–H groups in total. The number of methoxy groups -OCH3 is 1. The number of esters is 1. The topological polar surface area (TPSA) is 108 Å². The van der Waals surface area contributed by atoms with E-state index in [1.54, 1.807) is 30.3 Å². The third-order valence-electron chi connectivity index (χ3n) is 4.28. The van der Waals surface area contributed by atoms with Gasteiger partial charge in [-0.05, 0) is 36.4 Å². The average Bonchev–Trinajstić information content (AvgIpc) is 3.09. The second-order valence-electron chi connectivity index (χ2n) is 6.38. The number of benzene rings is 2. The van der Waals surface area contributed by atoms with E-state index in [0.29, 0.717) is 10.7 Å². The Bertz CT molecular complexity index is 1320. The van der Waals surface area contributed by atoms with Gasteiger partial charge in [0.2, 0.25) is 5.91 Å². The van der Waals surface area contributed by atoms with Crippen LogP contribution in [0.5, 0.6) is 0 Å². The Morgan fingerprint density at radius 1 is 1.00 bits per heavy atom. The molecule has 0 aliphatic carbocycles. The van der Waals surface area contributed by atoms with Gasteiger partial charge in [-0.1, -0.05) is 42.1 Å². The van der Waals surface area contributed by atoms with E-state index < -0.39 is 17.6 Å². The summed E-state index contributed by atoms with van der Waals surface area (Å²) in [5.41, 5.74) is 0.285. The highest BCUT2D eigenvalue weighted by Gasteiger charge is 2.16. The van der Waals surface area contributed by atoms with Crippen molar-refractivity contribution in [3.05, 3.63) is 82.8 Å². The number of hydrogen-bond donors (Lipinski definition) is 1. The van der Waals surface area contributed by atoms with Crippen molar-refractivity contribution in [2.75, 3.05) is 12.4 Å². The summed E-state index contributed by atoms with van der Waals surface area (Å²) in [6.45, 7) is -0.334. The quantitative estimate of drug-likeness (QED) is 0.464. The predicted molar refractivity (Wildman–Crippen MR) is 114 cm³/mol. The summed E-state index contributed by atoms with van der Waals surface area (Å²) in [6.07, 6.45) is 0. The standard InChI is InChI=1S/C21H17N5O4S/c1-30-20(28)15-9-5-6-10-16(15)22-18(27)13-25-21(29)26-17(23-25)11-12-19(24-26)31-14-7-3-2-4-8-14/h2-12H,13H2,1H3,(H,22,27). The Balaban J connectivity index is 1.54. The number of amides is 1. The minimum atomic E-state index is -0.576. The van der Waals surface area contributed by atoms with E-state index in [2.05, 4.69) is 15.5 Å². The molecule has 2 heterocycles. The smallest absolute Gasteiger partial charge is 0.367 e. The van der Waals surface area contributed by atoms with Crippen molar-refractivity contribution in [1.82, 2.24) is 19.4 Å². The normalized spacial score (nSPS) is 10.7. The van der Waals surface area contributed by atoms with Crippen molar-refractivity contribution in [1.29, 1.82) is 0 Å². The highest BCUT2D eigenvalue weighted by atomic mass is 32.2. The van der Waals surface area contributed by atoms with Crippen molar-refractivity contribution in [3.8, 4) is 0 Å². The fraction of sp³-hybridized carbons (Fsp3) is 0.0952. The number of para-hydroxylation sites is 1. The Morgan fingerprint density at radius 3 is 2.52 bits per heavy atom. The molecule has 0 saturated heterocycles. The third-order valence-corrected chi connectivity index (χ3v) is 5.22. The first kappa shape index (κ1) is 20.4. The number of anilines is 1. The molecule has 2 aromatic carbocycles. The molecule has 0 aliphatic rings. The highest BCUT2D eigenvalue weighted by Crippen LogP contribution is 2.25. The second kappa shape index (κ2) is 8.84. The molecular weight excluding hydrogens is 418 g/mol. The fourth-order valence-electron chi connectivity index (χ4n) is 2.86. The maximum atomic E-state index is 12.7. The van der Waals surface area contributed by atoms with Crippen LogP contribution >= 0.6 is 11.8 Å². The zero-order valence-corrected chi connectivity index (χ0v) is 17.2. The summed E-state index contributed by atoms with van der Waals surface area (Å²) < 4.78 is 6.90. The van der Waals surface area contributed by atoms with Crippen molar-refractivity contribution >= 4 is 35.0 Å². The predicted octanol–water partition coefficient (Wildman–Crippen LogP) is 2.47. The summed E-state index contributed by atoms with van der Waals surface area (Å²) in [6, 6.07) is 19.5. The van der Waals surface area contributed by atoms with Crippen LogP contribution in [0.2, 0.25) is 0 Å². The van der Waals surface area contributed by atoms with Crippen molar-refractivity contribution in [3.63, 3.8) is 0 Å². The van der Waals surface area contributed by atoms with E-state index in [0.717, 1.165) is 14.1 Å². The lowest BCUT2D eigenvalue weighted by Gasteiger charge is -2.09. The SMILES string of the molecule is COC(=O)c1ccccc1NC(=O)Cn1nc2ccc(Sc3ccccc3)nn2c1=O. The number of carbonyl (C=O) groups is 2. The van der Waals surface area contributed by atoms with Gasteiger partial charge in [0.05, 0.1) is 18.4 Å². The van der Waals surface area contributed by atoms with Gasteiger partial charge in [0, 0.05) is 4.90 Å². The summed E-state index contributed by atoms with van der Waals surface area (Å²) in [7, 11) is 1.26. The summed E-state index contributed by atoms with van der Waals surface area (Å²) in [5, 5.41) is 11.7. The summed E-state index contributed by atoms with van der Waals surface area (Å²) in [5.74, 6) is -1.09. The summed E-state index contributed by atoms with van der Waals surface area (Å²) >= 11 is 1.41. The third kappa shape index (κ3) is 4.48. The number of hydrogen-bond acceptors (Lipinski definition) is 7. The molecule has 156 valence electrons. The van der Waals surface area contributed by atoms with Gasteiger partial charge in [-0.2, -0.15) is 9.61 Å². The number of aromatic nitrogens is 4. The Hall–Kier alpha value is -3.92. The van der Waals surface area contributed by atoms with Gasteiger partial charge in [0.1, 0.15) is 11.6 Å². The molecule has 0 unspecified atom stereocenters. The zero-order chi connectivity index (χ0) is 21.8. The highest BCUT2D eigenvalue weighted by molar-refractivity contribution is 7.99. The van der Waals surface area contributed by atoms with Crippen LogP contribution in [0, 0.1) is 0 Å². The molecule has 10 heteroatoms.